The highest BCUT2D eigenvalue weighted by atomic mass is 16.6. The van der Waals surface area contributed by atoms with Crippen molar-refractivity contribution in [2.75, 3.05) is 25.1 Å². The monoisotopic (exact) mass is 430 g/mol. The number of hydrogen-bond donors (Lipinski definition) is 2. The number of nitrogens with one attached hydrogen (secondary N) is 2. The van der Waals surface area contributed by atoms with Gasteiger partial charge in [0.25, 0.3) is 5.91 Å². The van der Waals surface area contributed by atoms with Crippen LogP contribution < -0.4 is 14.8 Å². The predicted molar refractivity (Wildman–Crippen MR) is 116 cm³/mol. The first kappa shape index (κ1) is 22.5. The number of aromatic amines is 1. The summed E-state index contributed by atoms with van der Waals surface area (Å²) in [5.74, 6) is 0.810. The van der Waals surface area contributed by atoms with Gasteiger partial charge in [0, 0.05) is 36.0 Å². The van der Waals surface area contributed by atoms with E-state index >= 15 is 0 Å². The summed E-state index contributed by atoms with van der Waals surface area (Å²) in [6.07, 6.45) is 0.172. The van der Waals surface area contributed by atoms with E-state index in [4.69, 9.17) is 14.2 Å². The van der Waals surface area contributed by atoms with Crippen molar-refractivity contribution >= 4 is 17.7 Å². The number of anilines is 1. The van der Waals surface area contributed by atoms with Crippen molar-refractivity contribution in [1.29, 1.82) is 0 Å². The van der Waals surface area contributed by atoms with E-state index in [2.05, 4.69) is 15.5 Å². The number of hydrogen-bond acceptors (Lipinski definition) is 6. The van der Waals surface area contributed by atoms with Crippen LogP contribution in [0.1, 0.15) is 56.4 Å². The second kappa shape index (κ2) is 9.28. The van der Waals surface area contributed by atoms with E-state index in [1.807, 2.05) is 34.6 Å². The van der Waals surface area contributed by atoms with Crippen molar-refractivity contribution in [3.05, 3.63) is 35.2 Å². The third-order valence-corrected chi connectivity index (χ3v) is 4.60. The molecule has 168 valence electrons. The van der Waals surface area contributed by atoms with Gasteiger partial charge in [-0.25, -0.2) is 4.79 Å². The van der Waals surface area contributed by atoms with E-state index < -0.39 is 11.7 Å². The molecule has 1 aromatic heterocycles. The van der Waals surface area contributed by atoms with Crippen LogP contribution in [-0.2, 0) is 17.7 Å². The molecule has 9 heteroatoms. The molecule has 0 saturated carbocycles. The summed E-state index contributed by atoms with van der Waals surface area (Å²) in [4.78, 5) is 27.0. The Kier molecular flexibility index (Phi) is 6.72. The van der Waals surface area contributed by atoms with Crippen LogP contribution in [0.4, 0.5) is 10.5 Å². The summed E-state index contributed by atoms with van der Waals surface area (Å²) < 4.78 is 16.6. The fourth-order valence-electron chi connectivity index (χ4n) is 3.28. The van der Waals surface area contributed by atoms with Crippen LogP contribution in [-0.4, -0.2) is 52.5 Å². The molecule has 0 atom stereocenters. The molecule has 9 nitrogen and oxygen atoms in total. The zero-order valence-electron chi connectivity index (χ0n) is 18.7. The Morgan fingerprint density at radius 1 is 1.16 bits per heavy atom. The van der Waals surface area contributed by atoms with E-state index in [1.54, 1.807) is 23.1 Å². The molecule has 0 aliphatic carbocycles. The van der Waals surface area contributed by atoms with E-state index in [9.17, 15) is 9.59 Å². The van der Waals surface area contributed by atoms with Crippen LogP contribution in [0.3, 0.4) is 0 Å². The Hall–Kier alpha value is -3.23. The fraction of sp³-hybridized carbons (Fsp3) is 0.500. The van der Waals surface area contributed by atoms with Crippen molar-refractivity contribution in [2.24, 2.45) is 0 Å². The first-order valence-electron chi connectivity index (χ1n) is 10.5. The van der Waals surface area contributed by atoms with Gasteiger partial charge in [-0.3, -0.25) is 9.89 Å². The van der Waals surface area contributed by atoms with Gasteiger partial charge in [-0.05, 0) is 46.8 Å². The van der Waals surface area contributed by atoms with Gasteiger partial charge < -0.3 is 24.4 Å². The number of rotatable bonds is 6. The van der Waals surface area contributed by atoms with Crippen molar-refractivity contribution in [1.82, 2.24) is 15.1 Å². The normalized spacial score (nSPS) is 13.4. The molecule has 0 unspecified atom stereocenters. The Bertz CT molecular complexity index is 948. The van der Waals surface area contributed by atoms with E-state index in [0.717, 1.165) is 5.69 Å². The highest BCUT2D eigenvalue weighted by molar-refractivity contribution is 6.04. The van der Waals surface area contributed by atoms with Crippen molar-refractivity contribution in [2.45, 2.75) is 53.2 Å². The number of benzene rings is 1. The maximum absolute atomic E-state index is 12.9. The maximum atomic E-state index is 12.9. The van der Waals surface area contributed by atoms with Gasteiger partial charge in [0.1, 0.15) is 5.60 Å². The molecule has 0 spiro atoms. The number of carbonyl (C=O) groups is 2. The van der Waals surface area contributed by atoms with Crippen molar-refractivity contribution in [3.63, 3.8) is 0 Å². The first-order valence-corrected chi connectivity index (χ1v) is 10.5. The third-order valence-electron chi connectivity index (χ3n) is 4.60. The molecular weight excluding hydrogens is 400 g/mol. The summed E-state index contributed by atoms with van der Waals surface area (Å²) in [7, 11) is 0. The summed E-state index contributed by atoms with van der Waals surface area (Å²) in [5.41, 5.74) is 1.79. The van der Waals surface area contributed by atoms with Gasteiger partial charge in [-0.2, -0.15) is 5.10 Å². The van der Waals surface area contributed by atoms with E-state index in [0.29, 0.717) is 48.9 Å². The number of fused-ring (bicyclic) bond motifs is 1. The lowest BCUT2D eigenvalue weighted by molar-refractivity contribution is 0.0222. The van der Waals surface area contributed by atoms with E-state index in [1.165, 1.54) is 0 Å². The molecule has 0 bridgehead atoms. The SMILES string of the molecule is CCOc1ccc(NC(=O)c2n[nH]c3c2CN(C(=O)OC(C)(C)C)CC3)cc1OCC. The van der Waals surface area contributed by atoms with Gasteiger partial charge in [0.2, 0.25) is 0 Å². The molecule has 1 aromatic carbocycles. The Morgan fingerprint density at radius 3 is 2.55 bits per heavy atom. The van der Waals surface area contributed by atoms with Crippen LogP contribution in [0.2, 0.25) is 0 Å². The fourth-order valence-corrected chi connectivity index (χ4v) is 3.28. The van der Waals surface area contributed by atoms with Gasteiger partial charge in [0.15, 0.2) is 17.2 Å². The molecule has 0 saturated heterocycles. The topological polar surface area (TPSA) is 106 Å². The Balaban J connectivity index is 1.75. The highest BCUT2D eigenvalue weighted by Crippen LogP contribution is 2.31. The lowest BCUT2D eigenvalue weighted by Gasteiger charge is -2.30. The van der Waals surface area contributed by atoms with Crippen LogP contribution in [0.15, 0.2) is 18.2 Å². The number of H-pyrrole nitrogens is 1. The molecule has 1 aliphatic rings. The molecule has 2 heterocycles. The molecule has 1 aliphatic heterocycles. The quantitative estimate of drug-likeness (QED) is 0.723. The maximum Gasteiger partial charge on any atom is 0.410 e. The molecule has 0 fully saturated rings. The van der Waals surface area contributed by atoms with Crippen LogP contribution in [0, 0.1) is 0 Å². The summed E-state index contributed by atoms with van der Waals surface area (Å²) in [6, 6.07) is 5.23. The zero-order valence-corrected chi connectivity index (χ0v) is 18.7. The zero-order chi connectivity index (χ0) is 22.6. The number of ether oxygens (including phenoxy) is 3. The molecule has 31 heavy (non-hydrogen) atoms. The number of amides is 2. The second-order valence-corrected chi connectivity index (χ2v) is 8.16. The van der Waals surface area contributed by atoms with Crippen LogP contribution in [0.5, 0.6) is 11.5 Å². The minimum atomic E-state index is -0.583. The summed E-state index contributed by atoms with van der Waals surface area (Å²) >= 11 is 0. The van der Waals surface area contributed by atoms with Gasteiger partial charge in [-0.1, -0.05) is 0 Å². The average Bonchev–Trinajstić information content (AvgIpc) is 3.12. The summed E-state index contributed by atoms with van der Waals surface area (Å²) in [5, 5.41) is 9.97. The molecule has 2 N–H and O–H groups in total. The summed E-state index contributed by atoms with van der Waals surface area (Å²) in [6.45, 7) is 11.0. The minimum Gasteiger partial charge on any atom is -0.490 e. The first-order chi connectivity index (χ1) is 14.7. The number of nitrogens with zero attached hydrogens (tertiary/aromatic N) is 2. The number of carbonyl (C=O) groups excluding carboxylic acids is 2. The molecule has 2 aromatic rings. The van der Waals surface area contributed by atoms with E-state index in [-0.39, 0.29) is 18.1 Å². The molecule has 0 radical (unpaired) electrons. The van der Waals surface area contributed by atoms with Crippen molar-refractivity contribution < 1.29 is 23.8 Å². The largest absolute Gasteiger partial charge is 0.490 e. The molecular formula is C22H30N4O5. The molecule has 3 rings (SSSR count). The minimum absolute atomic E-state index is 0.259. The molecule has 2 amide bonds. The van der Waals surface area contributed by atoms with Gasteiger partial charge in [0.05, 0.1) is 19.8 Å². The van der Waals surface area contributed by atoms with Crippen LogP contribution >= 0.6 is 0 Å². The third kappa shape index (κ3) is 5.48. The van der Waals surface area contributed by atoms with Gasteiger partial charge >= 0.3 is 6.09 Å². The van der Waals surface area contributed by atoms with Crippen LogP contribution in [0.25, 0.3) is 0 Å². The smallest absolute Gasteiger partial charge is 0.410 e. The lowest BCUT2D eigenvalue weighted by Crippen LogP contribution is -2.40. The lowest BCUT2D eigenvalue weighted by atomic mass is 10.1. The highest BCUT2D eigenvalue weighted by Gasteiger charge is 2.30. The second-order valence-electron chi connectivity index (χ2n) is 8.16. The number of aromatic nitrogens is 2. The van der Waals surface area contributed by atoms with Gasteiger partial charge in [-0.15, -0.1) is 0 Å². The Labute approximate surface area is 182 Å². The standard InChI is InChI=1S/C22H30N4O5/c1-6-29-17-9-8-14(12-18(17)30-7-2)23-20(27)19-15-13-26(11-10-16(15)24-25-19)21(28)31-22(3,4)5/h8-9,12H,6-7,10-11,13H2,1-5H3,(H,23,27)(H,24,25). The Morgan fingerprint density at radius 2 is 1.87 bits per heavy atom. The van der Waals surface area contributed by atoms with Crippen molar-refractivity contribution in [3.8, 4) is 11.5 Å². The predicted octanol–water partition coefficient (Wildman–Crippen LogP) is 3.75. The average molecular weight is 431 g/mol.